The van der Waals surface area contributed by atoms with Gasteiger partial charge in [-0.05, 0) is 16.0 Å². The first-order valence-corrected chi connectivity index (χ1v) is 4.36. The minimum Gasteiger partial charge on any atom is -0.448 e. The van der Waals surface area contributed by atoms with Gasteiger partial charge in [0.05, 0.1) is 5.69 Å². The smallest absolute Gasteiger partial charge is 0.404 e. The molecule has 0 saturated carbocycles. The summed E-state index contributed by atoms with van der Waals surface area (Å²) in [6.45, 7) is 0.467. The maximum Gasteiger partial charge on any atom is 0.404 e. The average molecular weight is 226 g/mol. The Hall–Kier alpha value is -2.38. The number of nitrogens with two attached hydrogens (primary N) is 1. The monoisotopic (exact) mass is 226 g/mol. The number of amides is 1. The van der Waals surface area contributed by atoms with Gasteiger partial charge in [-0.1, -0.05) is 0 Å². The Balaban J connectivity index is 2.38. The van der Waals surface area contributed by atoms with E-state index in [4.69, 9.17) is 5.73 Å². The first-order chi connectivity index (χ1) is 7.59. The average Bonchev–Trinajstić information content (AvgIpc) is 2.25. The van der Waals surface area contributed by atoms with Crippen molar-refractivity contribution in [3.8, 4) is 0 Å². The molecule has 16 heavy (non-hydrogen) atoms. The van der Waals surface area contributed by atoms with Crippen LogP contribution in [0.15, 0.2) is 18.3 Å². The van der Waals surface area contributed by atoms with Gasteiger partial charge in [0.25, 0.3) is 0 Å². The van der Waals surface area contributed by atoms with E-state index in [0.29, 0.717) is 12.2 Å². The normalized spacial score (nSPS) is 9.50. The number of rotatable bonds is 5. The van der Waals surface area contributed by atoms with E-state index in [-0.39, 0.29) is 12.4 Å². The van der Waals surface area contributed by atoms with Crippen LogP contribution in [0.5, 0.6) is 0 Å². The van der Waals surface area contributed by atoms with Gasteiger partial charge in [-0.25, -0.2) is 4.79 Å². The zero-order valence-electron chi connectivity index (χ0n) is 8.25. The van der Waals surface area contributed by atoms with Crippen molar-refractivity contribution in [3.05, 3.63) is 28.4 Å². The Labute approximate surface area is 90.6 Å². The molecule has 0 radical (unpaired) electrons. The molecule has 1 amide bonds. The van der Waals surface area contributed by atoms with Crippen molar-refractivity contribution in [2.45, 2.75) is 0 Å². The lowest BCUT2D eigenvalue weighted by atomic mass is 10.4. The minimum atomic E-state index is -0.844. The summed E-state index contributed by atoms with van der Waals surface area (Å²) in [5, 5.41) is 13.1. The van der Waals surface area contributed by atoms with Crippen molar-refractivity contribution < 1.29 is 14.5 Å². The van der Waals surface area contributed by atoms with Gasteiger partial charge in [-0.3, -0.25) is 0 Å². The summed E-state index contributed by atoms with van der Waals surface area (Å²) < 4.78 is 4.47. The van der Waals surface area contributed by atoms with Gasteiger partial charge in [0, 0.05) is 12.6 Å². The van der Waals surface area contributed by atoms with E-state index in [1.807, 2.05) is 0 Å². The third-order valence-corrected chi connectivity index (χ3v) is 1.61. The second-order valence-electron chi connectivity index (χ2n) is 2.76. The van der Waals surface area contributed by atoms with Crippen LogP contribution in [0.4, 0.5) is 16.3 Å². The first-order valence-electron chi connectivity index (χ1n) is 4.36. The summed E-state index contributed by atoms with van der Waals surface area (Å²) in [6.07, 6.45) is 0.478. The predicted molar refractivity (Wildman–Crippen MR) is 54.9 cm³/mol. The second kappa shape index (κ2) is 5.49. The lowest BCUT2D eigenvalue weighted by Crippen LogP contribution is -2.18. The molecule has 1 heterocycles. The van der Waals surface area contributed by atoms with Crippen LogP contribution < -0.4 is 11.1 Å². The highest BCUT2D eigenvalue weighted by Gasteiger charge is 2.05. The van der Waals surface area contributed by atoms with Gasteiger partial charge < -0.3 is 25.9 Å². The van der Waals surface area contributed by atoms with E-state index >= 15 is 0 Å². The molecule has 1 aromatic rings. The topological polar surface area (TPSA) is 120 Å². The van der Waals surface area contributed by atoms with Crippen LogP contribution in [0.25, 0.3) is 0 Å². The number of nitrogens with one attached hydrogen (secondary N) is 1. The molecule has 1 rings (SSSR count). The van der Waals surface area contributed by atoms with Crippen LogP contribution in [0, 0.1) is 10.1 Å². The summed E-state index contributed by atoms with van der Waals surface area (Å²) in [7, 11) is 0. The number of aromatic nitrogens is 1. The molecule has 3 N–H and O–H groups in total. The summed E-state index contributed by atoms with van der Waals surface area (Å²) in [5.41, 5.74) is 5.34. The molecule has 0 spiro atoms. The van der Waals surface area contributed by atoms with Crippen LogP contribution in [-0.4, -0.2) is 29.2 Å². The van der Waals surface area contributed by atoms with Crippen LogP contribution in [0.3, 0.4) is 0 Å². The van der Waals surface area contributed by atoms with E-state index in [1.54, 1.807) is 0 Å². The Kier molecular flexibility index (Phi) is 4.01. The standard InChI is InChI=1S/C8H10N4O4/c9-8(13)16-4-3-10-6-1-2-7(11-5-6)12(14)15/h1-2,5,10H,3-4H2,(H2,9,13). The third-order valence-electron chi connectivity index (χ3n) is 1.61. The van der Waals surface area contributed by atoms with Crippen molar-refractivity contribution in [2.24, 2.45) is 5.73 Å². The second-order valence-corrected chi connectivity index (χ2v) is 2.76. The van der Waals surface area contributed by atoms with Gasteiger partial charge in [-0.2, -0.15) is 0 Å². The molecule has 0 unspecified atom stereocenters. The van der Waals surface area contributed by atoms with Crippen LogP contribution in [-0.2, 0) is 4.74 Å². The number of nitro groups is 1. The largest absolute Gasteiger partial charge is 0.448 e. The van der Waals surface area contributed by atoms with Gasteiger partial charge in [-0.15, -0.1) is 0 Å². The van der Waals surface area contributed by atoms with E-state index in [9.17, 15) is 14.9 Å². The number of nitrogens with zero attached hydrogens (tertiary/aromatic N) is 2. The van der Waals surface area contributed by atoms with Crippen LogP contribution in [0.2, 0.25) is 0 Å². The number of carbonyl (C=O) groups is 1. The Morgan fingerprint density at radius 2 is 2.38 bits per heavy atom. The molecule has 0 aliphatic heterocycles. The Morgan fingerprint density at radius 3 is 2.88 bits per heavy atom. The number of anilines is 1. The molecule has 0 bridgehead atoms. The molecule has 0 fully saturated rings. The number of pyridine rings is 1. The number of hydrogen-bond acceptors (Lipinski definition) is 6. The fraction of sp³-hybridized carbons (Fsp3) is 0.250. The van der Waals surface area contributed by atoms with E-state index in [2.05, 4.69) is 15.0 Å². The van der Waals surface area contributed by atoms with Crippen molar-refractivity contribution in [1.29, 1.82) is 0 Å². The summed E-state index contributed by atoms with van der Waals surface area (Å²) >= 11 is 0. The van der Waals surface area contributed by atoms with E-state index in [0.717, 1.165) is 0 Å². The lowest BCUT2D eigenvalue weighted by molar-refractivity contribution is -0.389. The molecule has 1 aromatic heterocycles. The number of carbonyl (C=O) groups excluding carboxylic acids is 1. The predicted octanol–water partition coefficient (Wildman–Crippen LogP) is 0.497. The SMILES string of the molecule is NC(=O)OCCNc1ccc([N+](=O)[O-])nc1. The molecule has 0 aromatic carbocycles. The zero-order chi connectivity index (χ0) is 12.0. The van der Waals surface area contributed by atoms with Gasteiger partial charge in [0.1, 0.15) is 6.61 Å². The number of primary amides is 1. The van der Waals surface area contributed by atoms with Crippen molar-refractivity contribution in [2.75, 3.05) is 18.5 Å². The number of ether oxygens (including phenoxy) is 1. The number of hydrogen-bond donors (Lipinski definition) is 2. The van der Waals surface area contributed by atoms with Gasteiger partial charge in [0.2, 0.25) is 0 Å². The quantitative estimate of drug-likeness (QED) is 0.428. The fourth-order valence-corrected chi connectivity index (χ4v) is 0.946. The highest BCUT2D eigenvalue weighted by molar-refractivity contribution is 5.64. The lowest BCUT2D eigenvalue weighted by Gasteiger charge is -2.04. The molecule has 0 aliphatic rings. The molecular formula is C8H10N4O4. The molecule has 86 valence electrons. The van der Waals surface area contributed by atoms with Gasteiger partial charge in [0.15, 0.2) is 6.20 Å². The van der Waals surface area contributed by atoms with Crippen LogP contribution >= 0.6 is 0 Å². The highest BCUT2D eigenvalue weighted by Crippen LogP contribution is 2.10. The van der Waals surface area contributed by atoms with Crippen molar-refractivity contribution in [1.82, 2.24) is 4.98 Å². The molecule has 0 atom stereocenters. The van der Waals surface area contributed by atoms with Gasteiger partial charge >= 0.3 is 11.9 Å². The minimum absolute atomic E-state index is 0.117. The highest BCUT2D eigenvalue weighted by atomic mass is 16.6. The van der Waals surface area contributed by atoms with E-state index in [1.165, 1.54) is 18.3 Å². The van der Waals surface area contributed by atoms with E-state index < -0.39 is 11.0 Å². The zero-order valence-corrected chi connectivity index (χ0v) is 8.25. The van der Waals surface area contributed by atoms with Crippen molar-refractivity contribution in [3.63, 3.8) is 0 Å². The third kappa shape index (κ3) is 3.78. The Morgan fingerprint density at radius 1 is 1.62 bits per heavy atom. The summed E-state index contributed by atoms with van der Waals surface area (Å²) in [5.74, 6) is -0.223. The first kappa shape index (κ1) is 11.7. The van der Waals surface area contributed by atoms with Crippen LogP contribution in [0.1, 0.15) is 0 Å². The van der Waals surface area contributed by atoms with Crippen molar-refractivity contribution >= 4 is 17.6 Å². The maximum atomic E-state index is 10.3. The fourth-order valence-electron chi connectivity index (χ4n) is 0.946. The molecule has 0 aliphatic carbocycles. The maximum absolute atomic E-state index is 10.3. The molecule has 0 saturated heterocycles. The molecule has 8 heteroatoms. The summed E-state index contributed by atoms with van der Waals surface area (Å²) in [6, 6.07) is 2.78. The Bertz CT molecular complexity index is 378. The molecule has 8 nitrogen and oxygen atoms in total. The molecular weight excluding hydrogens is 216 g/mol. The summed E-state index contributed by atoms with van der Waals surface area (Å²) in [4.78, 5) is 23.5.